The van der Waals surface area contributed by atoms with Crippen LogP contribution in [0, 0.1) is 6.92 Å². The van der Waals surface area contributed by atoms with E-state index in [0.717, 1.165) is 11.1 Å². The zero-order chi connectivity index (χ0) is 16.5. The van der Waals surface area contributed by atoms with Gasteiger partial charge in [-0.1, -0.05) is 56.7 Å². The first kappa shape index (κ1) is 16.1. The van der Waals surface area contributed by atoms with Gasteiger partial charge in [-0.15, -0.1) is 0 Å². The Labute approximate surface area is 131 Å². The fraction of sp³-hybridized carbons (Fsp3) is 0.316. The van der Waals surface area contributed by atoms with E-state index in [1.165, 1.54) is 11.6 Å². The molecule has 0 amide bonds. The van der Waals surface area contributed by atoms with Crippen LogP contribution in [0.2, 0.25) is 0 Å². The maximum absolute atomic E-state index is 11.1. The van der Waals surface area contributed by atoms with Crippen molar-refractivity contribution in [3.05, 3.63) is 64.2 Å². The van der Waals surface area contributed by atoms with Crippen molar-refractivity contribution >= 4 is 5.97 Å². The molecule has 0 saturated heterocycles. The molecule has 22 heavy (non-hydrogen) atoms. The minimum Gasteiger partial charge on any atom is -0.507 e. The van der Waals surface area contributed by atoms with Gasteiger partial charge in [-0.25, -0.2) is 4.79 Å². The van der Waals surface area contributed by atoms with Gasteiger partial charge in [0.05, 0.1) is 0 Å². The molecule has 0 radical (unpaired) electrons. The van der Waals surface area contributed by atoms with Crippen molar-refractivity contribution in [2.45, 2.75) is 39.5 Å². The maximum atomic E-state index is 11.1. The van der Waals surface area contributed by atoms with Crippen molar-refractivity contribution in [3.8, 4) is 5.75 Å². The molecule has 0 saturated carbocycles. The predicted molar refractivity (Wildman–Crippen MR) is 87.8 cm³/mol. The number of benzene rings is 2. The molecule has 0 unspecified atom stereocenters. The molecule has 0 aliphatic heterocycles. The monoisotopic (exact) mass is 298 g/mol. The van der Waals surface area contributed by atoms with Crippen molar-refractivity contribution in [2.75, 3.05) is 0 Å². The minimum absolute atomic E-state index is 0.0473. The Hall–Kier alpha value is -2.29. The van der Waals surface area contributed by atoms with E-state index in [2.05, 4.69) is 39.0 Å². The van der Waals surface area contributed by atoms with Gasteiger partial charge >= 0.3 is 5.97 Å². The van der Waals surface area contributed by atoms with Crippen LogP contribution in [0.4, 0.5) is 0 Å². The number of rotatable bonds is 3. The molecule has 2 rings (SSSR count). The number of carbonyl (C=O) groups is 1. The van der Waals surface area contributed by atoms with Gasteiger partial charge < -0.3 is 10.2 Å². The van der Waals surface area contributed by atoms with Crippen molar-refractivity contribution in [2.24, 2.45) is 0 Å². The first-order chi connectivity index (χ1) is 10.2. The Balaban J connectivity index is 2.42. The summed E-state index contributed by atoms with van der Waals surface area (Å²) in [5, 5.41) is 19.2. The van der Waals surface area contributed by atoms with Crippen LogP contribution >= 0.6 is 0 Å². The highest BCUT2D eigenvalue weighted by Crippen LogP contribution is 2.28. The van der Waals surface area contributed by atoms with E-state index >= 15 is 0 Å². The number of hydrogen-bond acceptors (Lipinski definition) is 2. The number of para-hydroxylation sites is 1. The Morgan fingerprint density at radius 2 is 1.82 bits per heavy atom. The number of carboxylic acid groups (broad SMARTS) is 1. The third-order valence-electron chi connectivity index (χ3n) is 3.75. The van der Waals surface area contributed by atoms with Crippen LogP contribution in [0.25, 0.3) is 0 Å². The molecule has 2 aromatic carbocycles. The summed E-state index contributed by atoms with van der Waals surface area (Å²) in [5.41, 5.74) is 4.09. The standard InChI is InChI=1S/C19H22O3/c1-12-8-13(11-15(9-12)19(2,3)4)10-14-6-5-7-16(17(14)20)18(21)22/h5-9,11,20H,10H2,1-4H3,(H,21,22). The summed E-state index contributed by atoms with van der Waals surface area (Å²) in [6.07, 6.45) is 0.512. The van der Waals surface area contributed by atoms with Gasteiger partial charge in [0.15, 0.2) is 0 Å². The molecular formula is C19H22O3. The number of aryl methyl sites for hydroxylation is 1. The summed E-state index contributed by atoms with van der Waals surface area (Å²) in [7, 11) is 0. The third kappa shape index (κ3) is 3.48. The lowest BCUT2D eigenvalue weighted by molar-refractivity contribution is 0.0693. The van der Waals surface area contributed by atoms with Crippen LogP contribution in [0.5, 0.6) is 5.75 Å². The molecule has 0 fully saturated rings. The summed E-state index contributed by atoms with van der Waals surface area (Å²) < 4.78 is 0. The van der Waals surface area contributed by atoms with E-state index in [1.54, 1.807) is 12.1 Å². The summed E-state index contributed by atoms with van der Waals surface area (Å²) in [6.45, 7) is 8.53. The van der Waals surface area contributed by atoms with Gasteiger partial charge in [0.25, 0.3) is 0 Å². The molecule has 0 aliphatic carbocycles. The van der Waals surface area contributed by atoms with Crippen LogP contribution in [-0.4, -0.2) is 16.2 Å². The predicted octanol–water partition coefficient (Wildman–Crippen LogP) is 4.29. The van der Waals surface area contributed by atoms with E-state index in [9.17, 15) is 9.90 Å². The van der Waals surface area contributed by atoms with Crippen molar-refractivity contribution in [1.29, 1.82) is 0 Å². The molecule has 0 bridgehead atoms. The fourth-order valence-electron chi connectivity index (χ4n) is 2.52. The summed E-state index contributed by atoms with van der Waals surface area (Å²) in [6, 6.07) is 11.2. The molecule has 2 aromatic rings. The van der Waals surface area contributed by atoms with Gasteiger partial charge in [0.2, 0.25) is 0 Å². The van der Waals surface area contributed by atoms with Crippen LogP contribution < -0.4 is 0 Å². The molecule has 3 heteroatoms. The Morgan fingerprint density at radius 1 is 1.14 bits per heavy atom. The lowest BCUT2D eigenvalue weighted by atomic mass is 9.84. The molecule has 0 aliphatic rings. The van der Waals surface area contributed by atoms with Crippen LogP contribution in [-0.2, 0) is 11.8 Å². The molecular weight excluding hydrogens is 276 g/mol. The summed E-state index contributed by atoms with van der Waals surface area (Å²) >= 11 is 0. The number of hydrogen-bond donors (Lipinski definition) is 2. The fourth-order valence-corrected chi connectivity index (χ4v) is 2.52. The first-order valence-corrected chi connectivity index (χ1v) is 7.33. The van der Waals surface area contributed by atoms with Crippen LogP contribution in [0.3, 0.4) is 0 Å². The number of aromatic hydroxyl groups is 1. The maximum Gasteiger partial charge on any atom is 0.339 e. The van der Waals surface area contributed by atoms with Gasteiger partial charge in [-0.05, 0) is 35.1 Å². The smallest absolute Gasteiger partial charge is 0.339 e. The zero-order valence-corrected chi connectivity index (χ0v) is 13.5. The third-order valence-corrected chi connectivity index (χ3v) is 3.75. The van der Waals surface area contributed by atoms with E-state index in [1.807, 2.05) is 6.92 Å². The second kappa shape index (κ2) is 5.84. The SMILES string of the molecule is Cc1cc(Cc2cccc(C(=O)O)c2O)cc(C(C)(C)C)c1. The van der Waals surface area contributed by atoms with Crippen LogP contribution in [0.1, 0.15) is 53.4 Å². The first-order valence-electron chi connectivity index (χ1n) is 7.33. The van der Waals surface area contributed by atoms with Gasteiger partial charge in [0.1, 0.15) is 11.3 Å². The van der Waals surface area contributed by atoms with Gasteiger partial charge in [-0.2, -0.15) is 0 Å². The zero-order valence-electron chi connectivity index (χ0n) is 13.5. The molecule has 0 atom stereocenters. The average Bonchev–Trinajstić information content (AvgIpc) is 2.39. The second-order valence-electron chi connectivity index (χ2n) is 6.75. The van der Waals surface area contributed by atoms with Crippen molar-refractivity contribution in [3.63, 3.8) is 0 Å². The normalized spacial score (nSPS) is 11.5. The molecule has 0 spiro atoms. The molecule has 116 valence electrons. The summed E-state index contributed by atoms with van der Waals surface area (Å²) in [4.78, 5) is 11.1. The topological polar surface area (TPSA) is 57.5 Å². The lowest BCUT2D eigenvalue weighted by Crippen LogP contribution is -2.12. The average molecular weight is 298 g/mol. The molecule has 2 N–H and O–H groups in total. The van der Waals surface area contributed by atoms with Gasteiger partial charge in [0, 0.05) is 6.42 Å². The van der Waals surface area contributed by atoms with Crippen molar-refractivity contribution in [1.82, 2.24) is 0 Å². The van der Waals surface area contributed by atoms with E-state index < -0.39 is 5.97 Å². The second-order valence-corrected chi connectivity index (χ2v) is 6.75. The minimum atomic E-state index is -1.11. The number of phenols is 1. The molecule has 0 heterocycles. The quantitative estimate of drug-likeness (QED) is 0.889. The van der Waals surface area contributed by atoms with Crippen molar-refractivity contribution < 1.29 is 15.0 Å². The Bertz CT molecular complexity index is 709. The van der Waals surface area contributed by atoms with E-state index in [0.29, 0.717) is 12.0 Å². The van der Waals surface area contributed by atoms with E-state index in [4.69, 9.17) is 5.11 Å². The lowest BCUT2D eigenvalue weighted by Gasteiger charge is -2.21. The highest BCUT2D eigenvalue weighted by Gasteiger charge is 2.16. The number of aromatic carboxylic acids is 1. The van der Waals surface area contributed by atoms with E-state index in [-0.39, 0.29) is 16.7 Å². The Morgan fingerprint density at radius 3 is 2.41 bits per heavy atom. The van der Waals surface area contributed by atoms with Gasteiger partial charge in [-0.3, -0.25) is 0 Å². The highest BCUT2D eigenvalue weighted by molar-refractivity contribution is 5.91. The Kier molecular flexibility index (Phi) is 4.27. The largest absolute Gasteiger partial charge is 0.507 e. The molecule has 0 aromatic heterocycles. The summed E-state index contributed by atoms with van der Waals surface area (Å²) in [5.74, 6) is -1.26. The molecule has 3 nitrogen and oxygen atoms in total. The van der Waals surface area contributed by atoms with Crippen LogP contribution in [0.15, 0.2) is 36.4 Å². The highest BCUT2D eigenvalue weighted by atomic mass is 16.4. The number of carboxylic acids is 1.